The van der Waals surface area contributed by atoms with E-state index in [9.17, 15) is 0 Å². The molecule has 4 atom stereocenters. The highest BCUT2D eigenvalue weighted by Crippen LogP contribution is 2.58. The summed E-state index contributed by atoms with van der Waals surface area (Å²) in [6, 6.07) is 0. The number of nitrogens with zero attached hydrogens (tertiary/aromatic N) is 1. The largest absolute Gasteiger partial charge is 0.298 e. The molecular formula is C15H27N. The lowest BCUT2D eigenvalue weighted by atomic mass is 9.50. The molecule has 0 aromatic carbocycles. The maximum atomic E-state index is 2.83. The van der Waals surface area contributed by atoms with Gasteiger partial charge in [0.1, 0.15) is 0 Å². The van der Waals surface area contributed by atoms with Crippen molar-refractivity contribution in [2.75, 3.05) is 13.1 Å². The van der Waals surface area contributed by atoms with Crippen molar-refractivity contribution in [1.82, 2.24) is 4.90 Å². The van der Waals surface area contributed by atoms with E-state index in [4.69, 9.17) is 0 Å². The first-order valence-electron chi connectivity index (χ1n) is 7.55. The van der Waals surface area contributed by atoms with Gasteiger partial charge in [0.05, 0.1) is 0 Å². The van der Waals surface area contributed by atoms with E-state index < -0.39 is 0 Å². The number of rotatable bonds is 3. The summed E-state index contributed by atoms with van der Waals surface area (Å²) in [7, 11) is 0. The van der Waals surface area contributed by atoms with E-state index in [0.29, 0.717) is 5.54 Å². The second-order valence-corrected chi connectivity index (χ2v) is 6.42. The van der Waals surface area contributed by atoms with Crippen LogP contribution in [-0.4, -0.2) is 23.5 Å². The third-order valence-electron chi connectivity index (χ3n) is 6.00. The Bertz CT molecular complexity index is 258. The Labute approximate surface area is 101 Å². The molecule has 4 aliphatic rings. The molecule has 0 radical (unpaired) electrons. The summed E-state index contributed by atoms with van der Waals surface area (Å²) >= 11 is 0. The van der Waals surface area contributed by atoms with E-state index in [2.05, 4.69) is 18.7 Å². The van der Waals surface area contributed by atoms with Gasteiger partial charge in [-0.1, -0.05) is 33.1 Å². The summed E-state index contributed by atoms with van der Waals surface area (Å²) in [6.07, 6.45) is 10.8. The molecule has 4 aliphatic carbocycles. The Morgan fingerprint density at radius 2 is 1.94 bits per heavy atom. The lowest BCUT2D eigenvalue weighted by Gasteiger charge is -2.62. The van der Waals surface area contributed by atoms with Crippen LogP contribution in [0.3, 0.4) is 0 Å². The third kappa shape index (κ3) is 1.40. The lowest BCUT2D eigenvalue weighted by molar-refractivity contribution is -0.111. The zero-order valence-electron chi connectivity index (χ0n) is 11.0. The van der Waals surface area contributed by atoms with E-state index >= 15 is 0 Å². The lowest BCUT2D eigenvalue weighted by Crippen LogP contribution is -2.63. The Morgan fingerprint density at radius 1 is 1.12 bits per heavy atom. The summed E-state index contributed by atoms with van der Waals surface area (Å²) in [4.78, 5) is 2.83. The first kappa shape index (κ1) is 11.1. The predicted octanol–water partition coefficient (Wildman–Crippen LogP) is 3.69. The molecule has 1 nitrogen and oxygen atoms in total. The molecular weight excluding hydrogens is 194 g/mol. The van der Waals surface area contributed by atoms with Gasteiger partial charge in [0.25, 0.3) is 0 Å². The summed E-state index contributed by atoms with van der Waals surface area (Å²) in [5, 5.41) is 0. The van der Waals surface area contributed by atoms with Crippen LogP contribution in [0.5, 0.6) is 0 Å². The number of hydrogen-bond acceptors (Lipinski definition) is 1. The highest BCUT2D eigenvalue weighted by molar-refractivity contribution is 5.09. The summed E-state index contributed by atoms with van der Waals surface area (Å²) in [5.74, 6) is 3.24. The standard InChI is InChI=1S/C15H27N/c1-3-16(4-2)15-9-5-6-13-10-12(11-15)7-8-14(13)15/h12-14H,3-11H2,1-2H3/t12-,13-,14+,15+/m1/s1. The van der Waals surface area contributed by atoms with Crippen LogP contribution in [0.2, 0.25) is 0 Å². The van der Waals surface area contributed by atoms with Crippen LogP contribution in [0.4, 0.5) is 0 Å². The van der Waals surface area contributed by atoms with Gasteiger partial charge in [-0.25, -0.2) is 0 Å². The summed E-state index contributed by atoms with van der Waals surface area (Å²) in [6.45, 7) is 7.27. The molecule has 0 heterocycles. The van der Waals surface area contributed by atoms with Crippen LogP contribution < -0.4 is 0 Å². The maximum Gasteiger partial charge on any atom is 0.0242 e. The minimum absolute atomic E-state index is 0.646. The highest BCUT2D eigenvalue weighted by atomic mass is 15.2. The van der Waals surface area contributed by atoms with Gasteiger partial charge in [-0.3, -0.25) is 4.90 Å². The van der Waals surface area contributed by atoms with Crippen LogP contribution >= 0.6 is 0 Å². The fourth-order valence-electron chi connectivity index (χ4n) is 5.56. The molecule has 4 bridgehead atoms. The monoisotopic (exact) mass is 221 g/mol. The zero-order chi connectivity index (χ0) is 11.2. The second-order valence-electron chi connectivity index (χ2n) is 6.42. The molecule has 0 aliphatic heterocycles. The quantitative estimate of drug-likeness (QED) is 0.702. The molecule has 0 aromatic heterocycles. The predicted molar refractivity (Wildman–Crippen MR) is 68.4 cm³/mol. The maximum absolute atomic E-state index is 2.83. The van der Waals surface area contributed by atoms with E-state index in [1.807, 2.05) is 0 Å². The molecule has 0 unspecified atom stereocenters. The zero-order valence-corrected chi connectivity index (χ0v) is 11.0. The second kappa shape index (κ2) is 4.01. The van der Waals surface area contributed by atoms with E-state index in [0.717, 1.165) is 17.8 Å². The summed E-state index contributed by atoms with van der Waals surface area (Å²) < 4.78 is 0. The Morgan fingerprint density at radius 3 is 2.62 bits per heavy atom. The Hall–Kier alpha value is -0.0400. The van der Waals surface area contributed by atoms with Crippen LogP contribution in [0.15, 0.2) is 0 Å². The van der Waals surface area contributed by atoms with Crippen LogP contribution in [0.1, 0.15) is 58.8 Å². The van der Waals surface area contributed by atoms with E-state index in [-0.39, 0.29) is 0 Å². The normalized spacial score (nSPS) is 46.3. The minimum Gasteiger partial charge on any atom is -0.298 e. The third-order valence-corrected chi connectivity index (χ3v) is 6.00. The Kier molecular flexibility index (Phi) is 2.78. The Balaban J connectivity index is 1.91. The molecule has 4 saturated carbocycles. The molecule has 0 aromatic rings. The fraction of sp³-hybridized carbons (Fsp3) is 1.00. The van der Waals surface area contributed by atoms with Gasteiger partial charge in [-0.15, -0.1) is 0 Å². The molecule has 0 amide bonds. The van der Waals surface area contributed by atoms with Gasteiger partial charge in [-0.05, 0) is 56.5 Å². The average molecular weight is 221 g/mol. The molecule has 16 heavy (non-hydrogen) atoms. The van der Waals surface area contributed by atoms with Crippen LogP contribution in [0.25, 0.3) is 0 Å². The van der Waals surface area contributed by atoms with Crippen molar-refractivity contribution in [3.05, 3.63) is 0 Å². The number of fused-ring (bicyclic) bond motifs is 1. The van der Waals surface area contributed by atoms with Gasteiger partial charge in [0, 0.05) is 5.54 Å². The van der Waals surface area contributed by atoms with Crippen molar-refractivity contribution in [3.63, 3.8) is 0 Å². The van der Waals surface area contributed by atoms with Crippen molar-refractivity contribution in [1.29, 1.82) is 0 Å². The van der Waals surface area contributed by atoms with Gasteiger partial charge in [0.15, 0.2) is 0 Å². The first-order valence-corrected chi connectivity index (χ1v) is 7.55. The molecule has 92 valence electrons. The molecule has 0 N–H and O–H groups in total. The molecule has 4 fully saturated rings. The summed E-state index contributed by atoms with van der Waals surface area (Å²) in [5.41, 5.74) is 0.646. The van der Waals surface area contributed by atoms with Crippen LogP contribution in [-0.2, 0) is 0 Å². The molecule has 0 saturated heterocycles. The van der Waals surface area contributed by atoms with Crippen molar-refractivity contribution in [2.24, 2.45) is 17.8 Å². The van der Waals surface area contributed by atoms with Gasteiger partial charge < -0.3 is 0 Å². The van der Waals surface area contributed by atoms with Crippen LogP contribution in [0, 0.1) is 17.8 Å². The smallest absolute Gasteiger partial charge is 0.0242 e. The van der Waals surface area contributed by atoms with E-state index in [1.54, 1.807) is 25.7 Å². The van der Waals surface area contributed by atoms with Gasteiger partial charge in [-0.2, -0.15) is 0 Å². The SMILES string of the molecule is CCN(CC)[C@]12CCC[C@@H]3C[C@@H](CC[C@@H]31)C2. The average Bonchev–Trinajstić information content (AvgIpc) is 2.30. The molecule has 4 rings (SSSR count). The highest BCUT2D eigenvalue weighted by Gasteiger charge is 2.55. The topological polar surface area (TPSA) is 3.24 Å². The van der Waals surface area contributed by atoms with Crippen molar-refractivity contribution < 1.29 is 0 Å². The van der Waals surface area contributed by atoms with Gasteiger partial charge in [0.2, 0.25) is 0 Å². The molecule has 0 spiro atoms. The van der Waals surface area contributed by atoms with Crippen molar-refractivity contribution in [2.45, 2.75) is 64.3 Å². The van der Waals surface area contributed by atoms with E-state index in [1.165, 1.54) is 32.4 Å². The van der Waals surface area contributed by atoms with Crippen molar-refractivity contribution in [3.8, 4) is 0 Å². The first-order chi connectivity index (χ1) is 7.80. The molecule has 1 heteroatoms. The fourth-order valence-corrected chi connectivity index (χ4v) is 5.56. The number of hydrogen-bond donors (Lipinski definition) is 0. The van der Waals surface area contributed by atoms with Gasteiger partial charge >= 0.3 is 0 Å². The van der Waals surface area contributed by atoms with Crippen molar-refractivity contribution >= 4 is 0 Å². The minimum atomic E-state index is 0.646.